The molecule has 0 bridgehead atoms. The molecule has 0 unspecified atom stereocenters. The number of hydrogen-bond acceptors (Lipinski definition) is 6. The minimum absolute atomic E-state index is 0.00236. The molecule has 9 nitrogen and oxygen atoms in total. The van der Waals surface area contributed by atoms with E-state index in [-0.39, 0.29) is 39.8 Å². The third kappa shape index (κ3) is 3.47. The van der Waals surface area contributed by atoms with Crippen LogP contribution in [0.5, 0.6) is 0 Å². The Hall–Kier alpha value is -3.49. The van der Waals surface area contributed by atoms with Gasteiger partial charge in [-0.25, -0.2) is 10.2 Å². The fraction of sp³-hybridized carbons (Fsp3) is 0.381. The summed E-state index contributed by atoms with van der Waals surface area (Å²) < 4.78 is 5.60. The fourth-order valence-electron chi connectivity index (χ4n) is 4.68. The van der Waals surface area contributed by atoms with Crippen LogP contribution in [0.4, 0.5) is 5.69 Å². The van der Waals surface area contributed by atoms with Crippen molar-refractivity contribution in [3.05, 3.63) is 51.8 Å². The van der Waals surface area contributed by atoms with Crippen LogP contribution < -0.4 is 5.43 Å². The van der Waals surface area contributed by atoms with Gasteiger partial charge in [0.2, 0.25) is 5.91 Å². The molecule has 0 radical (unpaired) electrons. The van der Waals surface area contributed by atoms with Crippen LogP contribution in [0.25, 0.3) is 11.3 Å². The molecule has 3 atom stereocenters. The van der Waals surface area contributed by atoms with E-state index < -0.39 is 10.9 Å². The second kappa shape index (κ2) is 7.40. The van der Waals surface area contributed by atoms with Gasteiger partial charge in [-0.1, -0.05) is 19.8 Å². The van der Waals surface area contributed by atoms with E-state index in [1.807, 2.05) is 0 Å². The fourth-order valence-corrected chi connectivity index (χ4v) is 4.68. The van der Waals surface area contributed by atoms with Crippen molar-refractivity contribution >= 4 is 23.8 Å². The number of nitrogens with zero attached hydrogens (tertiary/aromatic N) is 2. The summed E-state index contributed by atoms with van der Waals surface area (Å²) in [4.78, 5) is 34.1. The van der Waals surface area contributed by atoms with Crippen LogP contribution in [0.15, 0.2) is 39.9 Å². The lowest BCUT2D eigenvalue weighted by atomic mass is 9.90. The molecule has 0 spiro atoms. The molecule has 1 heterocycles. The first kappa shape index (κ1) is 19.8. The van der Waals surface area contributed by atoms with Crippen molar-refractivity contribution < 1.29 is 24.0 Å². The van der Waals surface area contributed by atoms with Crippen molar-refractivity contribution in [2.24, 2.45) is 22.4 Å². The number of hydrazone groups is 1. The molecule has 2 saturated carbocycles. The molecule has 30 heavy (non-hydrogen) atoms. The highest BCUT2D eigenvalue weighted by atomic mass is 16.6. The number of non-ortho nitro benzene ring substituents is 1. The van der Waals surface area contributed by atoms with Gasteiger partial charge in [0.15, 0.2) is 0 Å². The number of carbonyl (C=O) groups excluding carboxylic acids is 1. The van der Waals surface area contributed by atoms with Gasteiger partial charge in [0.1, 0.15) is 11.5 Å². The number of carboxylic acid groups (broad SMARTS) is 1. The van der Waals surface area contributed by atoms with E-state index in [4.69, 9.17) is 4.42 Å². The molecule has 0 saturated heterocycles. The van der Waals surface area contributed by atoms with Gasteiger partial charge in [-0.3, -0.25) is 14.9 Å². The lowest BCUT2D eigenvalue weighted by molar-refractivity contribution is -0.384. The van der Waals surface area contributed by atoms with E-state index >= 15 is 0 Å². The first-order chi connectivity index (χ1) is 14.3. The number of aromatic carboxylic acids is 1. The number of fused-ring (bicyclic) bond motifs is 1. The molecule has 1 aromatic heterocycles. The number of nitro benzene ring substituents is 1. The zero-order chi connectivity index (χ0) is 21.5. The zero-order valence-electron chi connectivity index (χ0n) is 16.3. The second-order valence-corrected chi connectivity index (χ2v) is 8.06. The second-order valence-electron chi connectivity index (χ2n) is 8.06. The lowest BCUT2D eigenvalue weighted by Gasteiger charge is -2.15. The van der Waals surface area contributed by atoms with Gasteiger partial charge in [0.25, 0.3) is 5.69 Å². The normalized spacial score (nSPS) is 25.0. The summed E-state index contributed by atoms with van der Waals surface area (Å²) in [5, 5.41) is 24.2. The average molecular weight is 411 g/mol. The summed E-state index contributed by atoms with van der Waals surface area (Å²) in [6.07, 6.45) is 5.84. The molecule has 2 aliphatic rings. The maximum atomic E-state index is 12.4. The van der Waals surface area contributed by atoms with Gasteiger partial charge in [0.05, 0.1) is 16.7 Å². The van der Waals surface area contributed by atoms with Gasteiger partial charge < -0.3 is 9.52 Å². The summed E-state index contributed by atoms with van der Waals surface area (Å²) >= 11 is 0. The molecule has 0 aliphatic heterocycles. The van der Waals surface area contributed by atoms with Crippen molar-refractivity contribution in [1.82, 2.24) is 5.43 Å². The zero-order valence-corrected chi connectivity index (χ0v) is 16.3. The number of nitrogens with one attached hydrogen (secondary N) is 1. The molecule has 9 heteroatoms. The van der Waals surface area contributed by atoms with E-state index in [1.165, 1.54) is 24.8 Å². The summed E-state index contributed by atoms with van der Waals surface area (Å²) in [7, 11) is 0. The van der Waals surface area contributed by atoms with Crippen LogP contribution in [-0.2, 0) is 4.79 Å². The Kier molecular flexibility index (Phi) is 4.89. The van der Waals surface area contributed by atoms with E-state index in [9.17, 15) is 24.8 Å². The number of carbonyl (C=O) groups is 2. The average Bonchev–Trinajstić information content (AvgIpc) is 3.08. The van der Waals surface area contributed by atoms with E-state index in [2.05, 4.69) is 17.5 Å². The molecular formula is C21H21N3O6. The number of nitro groups is 1. The highest BCUT2D eigenvalue weighted by molar-refractivity contribution is 5.96. The lowest BCUT2D eigenvalue weighted by Crippen LogP contribution is -2.22. The van der Waals surface area contributed by atoms with E-state index in [1.54, 1.807) is 12.1 Å². The Morgan fingerprint density at radius 1 is 1.33 bits per heavy atom. The predicted molar refractivity (Wildman–Crippen MR) is 107 cm³/mol. The van der Waals surface area contributed by atoms with E-state index in [0.717, 1.165) is 25.3 Å². The largest absolute Gasteiger partial charge is 0.478 e. The van der Waals surface area contributed by atoms with Gasteiger partial charge in [-0.15, -0.1) is 0 Å². The molecule has 4 rings (SSSR count). The molecule has 1 amide bonds. The van der Waals surface area contributed by atoms with Gasteiger partial charge in [-0.05, 0) is 42.4 Å². The van der Waals surface area contributed by atoms with Crippen molar-refractivity contribution in [3.63, 3.8) is 0 Å². The first-order valence-electron chi connectivity index (χ1n) is 9.76. The molecular weight excluding hydrogens is 390 g/mol. The standard InChI is InChI=1S/C21H21N3O6/c1-21-9-3-2-4-16(21)18(21)19(25)23-22-11-13-6-8-17(30-13)14-7-5-12(24(28)29)10-15(14)20(26)27/h5-8,10-11,16,18H,2-4,9H2,1H3,(H,23,25)(H,26,27)/b22-11-/t16-,18+,21+/m1/s1. The van der Waals surface area contributed by atoms with Crippen LogP contribution in [0, 0.1) is 27.4 Å². The summed E-state index contributed by atoms with van der Waals surface area (Å²) in [5.74, 6) is -0.394. The Bertz CT molecular complexity index is 1060. The molecule has 1 aromatic carbocycles. The monoisotopic (exact) mass is 411 g/mol. The van der Waals surface area contributed by atoms with Crippen molar-refractivity contribution in [2.45, 2.75) is 32.6 Å². The summed E-state index contributed by atoms with van der Waals surface area (Å²) in [6.45, 7) is 2.16. The highest BCUT2D eigenvalue weighted by Gasteiger charge is 2.64. The number of rotatable bonds is 6. The van der Waals surface area contributed by atoms with E-state index in [0.29, 0.717) is 11.7 Å². The van der Waals surface area contributed by atoms with Crippen LogP contribution in [0.2, 0.25) is 0 Å². The van der Waals surface area contributed by atoms with Crippen LogP contribution in [-0.4, -0.2) is 28.1 Å². The maximum absolute atomic E-state index is 12.4. The van der Waals surface area contributed by atoms with Crippen molar-refractivity contribution in [3.8, 4) is 11.3 Å². The molecule has 2 N–H and O–H groups in total. The first-order valence-corrected chi connectivity index (χ1v) is 9.76. The van der Waals surface area contributed by atoms with Gasteiger partial charge in [-0.2, -0.15) is 5.10 Å². The van der Waals surface area contributed by atoms with Crippen LogP contribution >= 0.6 is 0 Å². The summed E-state index contributed by atoms with van der Waals surface area (Å²) in [5.41, 5.74) is 2.33. The Morgan fingerprint density at radius 3 is 2.80 bits per heavy atom. The summed E-state index contributed by atoms with van der Waals surface area (Å²) in [6, 6.07) is 6.67. The van der Waals surface area contributed by atoms with Crippen LogP contribution in [0.1, 0.15) is 48.7 Å². The number of amides is 1. The minimum atomic E-state index is -1.30. The number of hydrogen-bond donors (Lipinski definition) is 2. The molecule has 2 aromatic rings. The highest BCUT2D eigenvalue weighted by Crippen LogP contribution is 2.66. The quantitative estimate of drug-likeness (QED) is 0.421. The third-order valence-corrected chi connectivity index (χ3v) is 6.32. The van der Waals surface area contributed by atoms with Gasteiger partial charge in [0, 0.05) is 23.6 Å². The van der Waals surface area contributed by atoms with Gasteiger partial charge >= 0.3 is 5.97 Å². The molecule has 2 aliphatic carbocycles. The smallest absolute Gasteiger partial charge is 0.336 e. The number of carboxylic acids is 1. The Morgan fingerprint density at radius 2 is 2.13 bits per heavy atom. The molecule has 156 valence electrons. The third-order valence-electron chi connectivity index (χ3n) is 6.32. The Balaban J connectivity index is 1.45. The topological polar surface area (TPSA) is 135 Å². The van der Waals surface area contributed by atoms with Crippen LogP contribution in [0.3, 0.4) is 0 Å². The van der Waals surface area contributed by atoms with Crippen molar-refractivity contribution in [2.75, 3.05) is 0 Å². The molecule has 2 fully saturated rings. The van der Waals surface area contributed by atoms with Crippen molar-refractivity contribution in [1.29, 1.82) is 0 Å². The Labute approximate surface area is 171 Å². The number of furan rings is 1. The maximum Gasteiger partial charge on any atom is 0.336 e. The SMILES string of the molecule is C[C@]12CCCC[C@@H]1[C@H]2C(=O)N/N=C\c1ccc(-c2ccc([N+](=O)[O-])cc2C(=O)O)o1. The predicted octanol–water partition coefficient (Wildman–Crippen LogP) is 3.83. The minimum Gasteiger partial charge on any atom is -0.478 e. The number of benzene rings is 1.